The lowest BCUT2D eigenvalue weighted by atomic mass is 9.78. The third-order valence-corrected chi connectivity index (χ3v) is 3.43. The molecule has 0 aromatic carbocycles. The van der Waals surface area contributed by atoms with Crippen LogP contribution in [0.3, 0.4) is 0 Å². The Morgan fingerprint density at radius 1 is 1.47 bits per heavy atom. The highest BCUT2D eigenvalue weighted by molar-refractivity contribution is 5.84. The van der Waals surface area contributed by atoms with E-state index < -0.39 is 12.0 Å². The molecule has 1 unspecified atom stereocenters. The molecule has 1 saturated carbocycles. The van der Waals surface area contributed by atoms with Crippen LogP contribution in [-0.2, 0) is 4.79 Å². The van der Waals surface area contributed by atoms with Crippen LogP contribution in [0.5, 0.6) is 0 Å². The molecule has 0 spiro atoms. The van der Waals surface area contributed by atoms with Gasteiger partial charge >= 0.3 is 12.0 Å². The lowest BCUT2D eigenvalue weighted by Crippen LogP contribution is -2.62. The van der Waals surface area contributed by atoms with Crippen molar-refractivity contribution in [1.82, 2.24) is 10.2 Å². The molecule has 2 rings (SSSR count). The van der Waals surface area contributed by atoms with Gasteiger partial charge in [-0.2, -0.15) is 0 Å². The first kappa shape index (κ1) is 10.3. The summed E-state index contributed by atoms with van der Waals surface area (Å²) >= 11 is 0. The number of amides is 2. The predicted molar refractivity (Wildman–Crippen MR) is 53.5 cm³/mol. The van der Waals surface area contributed by atoms with Crippen molar-refractivity contribution < 1.29 is 14.7 Å². The number of nitrogens with one attached hydrogen (secondary N) is 1. The molecule has 2 fully saturated rings. The van der Waals surface area contributed by atoms with Crippen LogP contribution in [0.2, 0.25) is 0 Å². The van der Waals surface area contributed by atoms with Gasteiger partial charge in [0.25, 0.3) is 0 Å². The van der Waals surface area contributed by atoms with E-state index in [0.717, 1.165) is 19.3 Å². The van der Waals surface area contributed by atoms with Crippen LogP contribution < -0.4 is 5.32 Å². The third-order valence-electron chi connectivity index (χ3n) is 3.43. The number of carboxylic acid groups (broad SMARTS) is 1. The van der Waals surface area contributed by atoms with E-state index in [-0.39, 0.29) is 11.6 Å². The van der Waals surface area contributed by atoms with Gasteiger partial charge in [0.1, 0.15) is 6.04 Å². The maximum Gasteiger partial charge on any atom is 0.326 e. The first-order valence-electron chi connectivity index (χ1n) is 5.33. The highest BCUT2D eigenvalue weighted by atomic mass is 16.4. The SMILES string of the molecule is CC1(NC(=O)N2CCC2C(=O)O)CCC1. The van der Waals surface area contributed by atoms with Gasteiger partial charge in [-0.05, 0) is 32.6 Å². The fourth-order valence-electron chi connectivity index (χ4n) is 2.05. The summed E-state index contributed by atoms with van der Waals surface area (Å²) in [5.74, 6) is -0.907. The number of nitrogens with zero attached hydrogens (tertiary/aromatic N) is 1. The van der Waals surface area contributed by atoms with Crippen molar-refractivity contribution in [2.24, 2.45) is 0 Å². The summed E-state index contributed by atoms with van der Waals surface area (Å²) in [6.45, 7) is 2.56. The van der Waals surface area contributed by atoms with E-state index in [0.29, 0.717) is 13.0 Å². The van der Waals surface area contributed by atoms with E-state index in [1.54, 1.807) is 0 Å². The molecule has 0 aromatic rings. The molecule has 1 aliphatic carbocycles. The second-order valence-electron chi connectivity index (χ2n) is 4.68. The molecule has 1 atom stereocenters. The minimum Gasteiger partial charge on any atom is -0.480 e. The van der Waals surface area contributed by atoms with E-state index >= 15 is 0 Å². The Balaban J connectivity index is 1.88. The summed E-state index contributed by atoms with van der Waals surface area (Å²) in [6.07, 6.45) is 3.69. The Labute approximate surface area is 88.4 Å². The van der Waals surface area contributed by atoms with Gasteiger partial charge in [-0.15, -0.1) is 0 Å². The summed E-state index contributed by atoms with van der Waals surface area (Å²) in [5, 5.41) is 11.7. The van der Waals surface area contributed by atoms with Gasteiger partial charge in [-0.1, -0.05) is 0 Å². The molecule has 5 nitrogen and oxygen atoms in total. The van der Waals surface area contributed by atoms with Crippen LogP contribution in [0.15, 0.2) is 0 Å². The van der Waals surface area contributed by atoms with Crippen LogP contribution in [0.1, 0.15) is 32.6 Å². The van der Waals surface area contributed by atoms with Gasteiger partial charge in [0.05, 0.1) is 0 Å². The maximum absolute atomic E-state index is 11.7. The molecule has 1 saturated heterocycles. The van der Waals surface area contributed by atoms with E-state index in [1.807, 2.05) is 6.92 Å². The van der Waals surface area contributed by atoms with Crippen LogP contribution in [-0.4, -0.2) is 40.1 Å². The lowest BCUT2D eigenvalue weighted by Gasteiger charge is -2.44. The summed E-state index contributed by atoms with van der Waals surface area (Å²) in [5.41, 5.74) is -0.101. The largest absolute Gasteiger partial charge is 0.480 e. The van der Waals surface area contributed by atoms with Gasteiger partial charge in [0, 0.05) is 12.1 Å². The Hall–Kier alpha value is -1.26. The number of aliphatic carboxylic acids is 1. The van der Waals surface area contributed by atoms with Crippen molar-refractivity contribution in [3.05, 3.63) is 0 Å². The second kappa shape index (κ2) is 3.40. The topological polar surface area (TPSA) is 69.6 Å². The number of rotatable bonds is 2. The van der Waals surface area contributed by atoms with Crippen LogP contribution in [0.25, 0.3) is 0 Å². The highest BCUT2D eigenvalue weighted by Gasteiger charge is 2.41. The molecular formula is C10H16N2O3. The predicted octanol–water partition coefficient (Wildman–Crippen LogP) is 0.797. The molecular weight excluding hydrogens is 196 g/mol. The molecule has 1 heterocycles. The standard InChI is InChI=1S/C10H16N2O3/c1-10(4-2-5-10)11-9(15)12-6-3-7(12)8(13)14/h7H,2-6H2,1H3,(H,11,15)(H,13,14). The molecule has 5 heteroatoms. The van der Waals surface area contributed by atoms with E-state index in [4.69, 9.17) is 5.11 Å². The Morgan fingerprint density at radius 3 is 2.47 bits per heavy atom. The minimum absolute atomic E-state index is 0.101. The smallest absolute Gasteiger partial charge is 0.326 e. The first-order valence-corrected chi connectivity index (χ1v) is 5.33. The maximum atomic E-state index is 11.7. The van der Waals surface area contributed by atoms with Crippen molar-refractivity contribution in [3.63, 3.8) is 0 Å². The van der Waals surface area contributed by atoms with Crippen LogP contribution in [0, 0.1) is 0 Å². The van der Waals surface area contributed by atoms with Gasteiger partial charge in [-0.25, -0.2) is 9.59 Å². The fraction of sp³-hybridized carbons (Fsp3) is 0.800. The van der Waals surface area contributed by atoms with Crippen molar-refractivity contribution >= 4 is 12.0 Å². The number of carbonyl (C=O) groups is 2. The number of carbonyl (C=O) groups excluding carboxylic acids is 1. The summed E-state index contributed by atoms with van der Waals surface area (Å²) in [7, 11) is 0. The Kier molecular flexibility index (Phi) is 2.32. The van der Waals surface area contributed by atoms with Crippen molar-refractivity contribution in [2.75, 3.05) is 6.54 Å². The summed E-state index contributed by atoms with van der Waals surface area (Å²) in [4.78, 5) is 23.8. The minimum atomic E-state index is -0.907. The Bertz CT molecular complexity index is 299. The summed E-state index contributed by atoms with van der Waals surface area (Å²) < 4.78 is 0. The van der Waals surface area contributed by atoms with Gasteiger partial charge in [0.15, 0.2) is 0 Å². The average Bonchev–Trinajstić information content (AvgIpc) is 1.97. The monoisotopic (exact) mass is 212 g/mol. The van der Waals surface area contributed by atoms with Crippen molar-refractivity contribution in [2.45, 2.75) is 44.2 Å². The molecule has 2 amide bonds. The third kappa shape index (κ3) is 1.78. The van der Waals surface area contributed by atoms with E-state index in [2.05, 4.69) is 5.32 Å². The number of carboxylic acids is 1. The molecule has 84 valence electrons. The van der Waals surface area contributed by atoms with Crippen molar-refractivity contribution in [1.29, 1.82) is 0 Å². The average molecular weight is 212 g/mol. The molecule has 2 aliphatic rings. The molecule has 0 aromatic heterocycles. The molecule has 15 heavy (non-hydrogen) atoms. The first-order chi connectivity index (χ1) is 7.02. The second-order valence-corrected chi connectivity index (χ2v) is 4.68. The normalized spacial score (nSPS) is 27.5. The number of likely N-dealkylation sites (tertiary alicyclic amines) is 1. The fourth-order valence-corrected chi connectivity index (χ4v) is 2.05. The number of urea groups is 1. The molecule has 0 bridgehead atoms. The van der Waals surface area contributed by atoms with Crippen molar-refractivity contribution in [3.8, 4) is 0 Å². The van der Waals surface area contributed by atoms with E-state index in [9.17, 15) is 9.59 Å². The molecule has 0 radical (unpaired) electrons. The molecule has 2 N–H and O–H groups in total. The van der Waals surface area contributed by atoms with Crippen LogP contribution in [0.4, 0.5) is 4.79 Å². The highest BCUT2D eigenvalue weighted by Crippen LogP contribution is 2.31. The van der Waals surface area contributed by atoms with Crippen LogP contribution >= 0.6 is 0 Å². The zero-order valence-electron chi connectivity index (χ0n) is 8.82. The quantitative estimate of drug-likeness (QED) is 0.711. The zero-order valence-corrected chi connectivity index (χ0v) is 8.82. The van der Waals surface area contributed by atoms with Gasteiger partial charge in [0.2, 0.25) is 0 Å². The lowest BCUT2D eigenvalue weighted by molar-refractivity contribution is -0.146. The van der Waals surface area contributed by atoms with Gasteiger partial charge in [-0.3, -0.25) is 0 Å². The Morgan fingerprint density at radius 2 is 2.13 bits per heavy atom. The van der Waals surface area contributed by atoms with Gasteiger partial charge < -0.3 is 15.3 Å². The van der Waals surface area contributed by atoms with E-state index in [1.165, 1.54) is 4.90 Å². The zero-order chi connectivity index (χ0) is 11.1. The summed E-state index contributed by atoms with van der Waals surface area (Å²) in [6, 6.07) is -0.843. The number of hydrogen-bond acceptors (Lipinski definition) is 2. The number of hydrogen-bond donors (Lipinski definition) is 2. The molecule has 1 aliphatic heterocycles.